The van der Waals surface area contributed by atoms with E-state index in [1.165, 1.54) is 0 Å². The van der Waals surface area contributed by atoms with Gasteiger partial charge in [0.25, 0.3) is 0 Å². The van der Waals surface area contributed by atoms with E-state index >= 15 is 0 Å². The minimum absolute atomic E-state index is 0.721. The standard InChI is InChI=1S/C46H78N2O36/c1-10(54)47-19-26(61)36(15(6-52)74-40(19)71)81-41-20(48-11(2)55)27(62)37(16(7-53)78-41)82-45-34(69)30(65)24(59)17(80-45)8-73-43-35(70)38(25(60)18(79-43)9-72-42-32(67)28(63)21(56)12(3-49)75-42)83-46-39(31(66)23(58)14(5-51)77-46)84-44-33(68)29(64)22(57)13(4-50)76-44/h12-46,49-53,56-71H,3-9H2,1-2H3,(H,47,54)(H,48,55)/t12-,13-,14-,15-,16-,17-,18-,19-,20-,21-,22-,23-,24-,25-,26-,27-,28+,29+,30+,31+,32+,33+,34+,35+,36-,37-,38+,39+,40?,41+,42+,43+,44-,45+,46-/m1/s1. The lowest BCUT2D eigenvalue weighted by Crippen LogP contribution is -2.70. The van der Waals surface area contributed by atoms with Crippen LogP contribution in [-0.4, -0.2) is 380 Å². The van der Waals surface area contributed by atoms with Crippen LogP contribution in [-0.2, 0) is 71.2 Å². The van der Waals surface area contributed by atoms with E-state index < -0.39 is 273 Å². The number of hydrogen-bond acceptors (Lipinski definition) is 36. The van der Waals surface area contributed by atoms with Crippen LogP contribution in [0.15, 0.2) is 0 Å². The molecule has 35 atom stereocenters. The third kappa shape index (κ3) is 14.9. The highest BCUT2D eigenvalue weighted by atomic mass is 16.8. The predicted octanol–water partition coefficient (Wildman–Crippen LogP) is -16.0. The number of hydrogen-bond donors (Lipinski definition) is 23. The molecule has 0 aromatic rings. The van der Waals surface area contributed by atoms with Crippen LogP contribution >= 0.6 is 0 Å². The fourth-order valence-electron chi connectivity index (χ4n) is 10.6. The maximum absolute atomic E-state index is 12.5. The van der Waals surface area contributed by atoms with Crippen molar-refractivity contribution in [1.29, 1.82) is 0 Å². The van der Waals surface area contributed by atoms with Crippen molar-refractivity contribution in [1.82, 2.24) is 10.6 Å². The molecule has 7 saturated heterocycles. The lowest BCUT2D eigenvalue weighted by Gasteiger charge is -2.49. The molecule has 488 valence electrons. The van der Waals surface area contributed by atoms with Gasteiger partial charge >= 0.3 is 0 Å². The van der Waals surface area contributed by atoms with E-state index in [1.54, 1.807) is 0 Å². The maximum Gasteiger partial charge on any atom is 0.217 e. The van der Waals surface area contributed by atoms with E-state index in [0.717, 1.165) is 13.8 Å². The van der Waals surface area contributed by atoms with Gasteiger partial charge in [0, 0.05) is 13.8 Å². The summed E-state index contributed by atoms with van der Waals surface area (Å²) in [6, 6.07) is -3.27. The monoisotopic (exact) mass is 1230 g/mol. The molecule has 0 bridgehead atoms. The van der Waals surface area contributed by atoms with Crippen LogP contribution in [0.1, 0.15) is 13.8 Å². The van der Waals surface area contributed by atoms with Gasteiger partial charge in [0.15, 0.2) is 44.0 Å². The Kier molecular flexibility index (Phi) is 24.6. The smallest absolute Gasteiger partial charge is 0.217 e. The van der Waals surface area contributed by atoms with Gasteiger partial charge in [-0.3, -0.25) is 9.59 Å². The fraction of sp³-hybridized carbons (Fsp3) is 0.957. The fourth-order valence-corrected chi connectivity index (χ4v) is 10.6. The number of carbonyl (C=O) groups is 2. The predicted molar refractivity (Wildman–Crippen MR) is 255 cm³/mol. The highest BCUT2D eigenvalue weighted by Crippen LogP contribution is 2.37. The van der Waals surface area contributed by atoms with E-state index in [-0.39, 0.29) is 0 Å². The summed E-state index contributed by atoms with van der Waals surface area (Å²) in [7, 11) is 0. The Labute approximate surface area is 475 Å². The van der Waals surface area contributed by atoms with Crippen LogP contribution in [0.2, 0.25) is 0 Å². The number of carbonyl (C=O) groups excluding carboxylic acids is 2. The van der Waals surface area contributed by atoms with E-state index in [0.29, 0.717) is 0 Å². The molecule has 7 fully saturated rings. The number of ether oxygens (including phenoxy) is 13. The number of aliphatic hydroxyl groups excluding tert-OH is 21. The number of amides is 2. The van der Waals surface area contributed by atoms with Crippen molar-refractivity contribution >= 4 is 11.8 Å². The summed E-state index contributed by atoms with van der Waals surface area (Å²) in [5, 5.41) is 231. The Hall–Kier alpha value is -2.42. The molecule has 7 aliphatic heterocycles. The summed E-state index contributed by atoms with van der Waals surface area (Å²) in [6.45, 7) is -4.68. The maximum atomic E-state index is 12.5. The molecule has 0 aromatic carbocycles. The van der Waals surface area contributed by atoms with Gasteiger partial charge in [-0.15, -0.1) is 0 Å². The van der Waals surface area contributed by atoms with E-state index in [2.05, 4.69) is 10.6 Å². The Morgan fingerprint density at radius 1 is 0.310 bits per heavy atom. The van der Waals surface area contributed by atoms with Gasteiger partial charge in [0.05, 0.1) is 46.2 Å². The van der Waals surface area contributed by atoms with Gasteiger partial charge in [-0.25, -0.2) is 0 Å². The van der Waals surface area contributed by atoms with Crippen LogP contribution in [0.25, 0.3) is 0 Å². The van der Waals surface area contributed by atoms with Gasteiger partial charge < -0.3 is 179 Å². The Bertz CT molecular complexity index is 2060. The highest BCUT2D eigenvalue weighted by Gasteiger charge is 2.58. The van der Waals surface area contributed by atoms with Crippen molar-refractivity contribution in [3.8, 4) is 0 Å². The van der Waals surface area contributed by atoms with Gasteiger partial charge in [-0.1, -0.05) is 0 Å². The number of nitrogens with one attached hydrogen (secondary N) is 2. The molecule has 2 amide bonds. The second-order valence-corrected chi connectivity index (χ2v) is 21.1. The van der Waals surface area contributed by atoms with Crippen LogP contribution in [0.3, 0.4) is 0 Å². The van der Waals surface area contributed by atoms with Gasteiger partial charge in [0.2, 0.25) is 11.8 Å². The summed E-state index contributed by atoms with van der Waals surface area (Å²) in [6.07, 6.45) is -64.6. The molecule has 1 unspecified atom stereocenters. The van der Waals surface area contributed by atoms with E-state index in [9.17, 15) is 117 Å². The lowest BCUT2D eigenvalue weighted by atomic mass is 9.94. The second kappa shape index (κ2) is 29.9. The largest absolute Gasteiger partial charge is 0.394 e. The van der Waals surface area contributed by atoms with E-state index in [4.69, 9.17) is 61.6 Å². The lowest BCUT2D eigenvalue weighted by molar-refractivity contribution is -0.393. The van der Waals surface area contributed by atoms with Crippen LogP contribution < -0.4 is 10.6 Å². The Balaban J connectivity index is 1.11. The average molecular weight is 1240 g/mol. The topological polar surface area (TPSA) is 603 Å². The molecule has 0 aliphatic carbocycles. The van der Waals surface area contributed by atoms with Gasteiger partial charge in [-0.2, -0.15) is 0 Å². The molecule has 38 nitrogen and oxygen atoms in total. The molecule has 7 heterocycles. The Morgan fingerprint density at radius 2 is 0.643 bits per heavy atom. The Morgan fingerprint density at radius 3 is 1.14 bits per heavy atom. The molecule has 0 saturated carbocycles. The molecule has 7 aliphatic rings. The summed E-state index contributed by atoms with van der Waals surface area (Å²) < 4.78 is 74.2. The second-order valence-electron chi connectivity index (χ2n) is 21.1. The van der Waals surface area contributed by atoms with Crippen LogP contribution in [0.5, 0.6) is 0 Å². The van der Waals surface area contributed by atoms with Gasteiger partial charge in [-0.05, 0) is 0 Å². The molecule has 38 heteroatoms. The summed E-state index contributed by atoms with van der Waals surface area (Å²) in [5.74, 6) is -1.55. The first-order chi connectivity index (χ1) is 39.7. The van der Waals surface area contributed by atoms with Crippen molar-refractivity contribution < 1.29 is 178 Å². The zero-order valence-electron chi connectivity index (χ0n) is 44.7. The minimum Gasteiger partial charge on any atom is -0.394 e. The first kappa shape index (κ1) is 69.1. The summed E-state index contributed by atoms with van der Waals surface area (Å²) in [5.41, 5.74) is 0. The molecular formula is C46H78N2O36. The van der Waals surface area contributed by atoms with E-state index in [1.807, 2.05) is 0 Å². The summed E-state index contributed by atoms with van der Waals surface area (Å²) >= 11 is 0. The van der Waals surface area contributed by atoms with Gasteiger partial charge in [0.1, 0.15) is 171 Å². The molecule has 0 spiro atoms. The molecule has 0 radical (unpaired) electrons. The third-order valence-corrected chi connectivity index (χ3v) is 15.3. The van der Waals surface area contributed by atoms with Crippen molar-refractivity contribution in [2.24, 2.45) is 0 Å². The highest BCUT2D eigenvalue weighted by molar-refractivity contribution is 5.73. The third-order valence-electron chi connectivity index (χ3n) is 15.3. The molecule has 84 heavy (non-hydrogen) atoms. The van der Waals surface area contributed by atoms with Crippen molar-refractivity contribution in [3.05, 3.63) is 0 Å². The van der Waals surface area contributed by atoms with Crippen LogP contribution in [0.4, 0.5) is 0 Å². The molecule has 0 aromatic heterocycles. The number of aliphatic hydroxyl groups is 21. The number of rotatable bonds is 21. The average Bonchev–Trinajstić information content (AvgIpc) is 3.08. The minimum atomic E-state index is -2.30. The van der Waals surface area contributed by atoms with Crippen LogP contribution in [0, 0.1) is 0 Å². The quantitative estimate of drug-likeness (QED) is 0.0507. The SMILES string of the molecule is CC(=O)N[C@H]1[C@H](O[C@H]2[C@H](O)[C@@H](NC(C)=O)C(O)O[C@@H]2CO)O[C@H](CO)[C@@H](O[C@@H]2O[C@H](CO[C@H]3O[C@H](CO[C@H]4O[C@H](CO)[C@@H](O)[C@H](O)[C@@H]4O)[C@@H](O)[C@H](O[C@H]4O[C@H](CO)[C@@H](O)[C@H](O)[C@@H]4O[C@H]4O[C@H](CO)[C@@H](O)[C@H](O)[C@@H]4O)[C@@H]3O)[C@@H](O)[C@H](O)[C@@H]2O)[C@@H]1O. The zero-order valence-corrected chi connectivity index (χ0v) is 44.7. The molecule has 7 rings (SSSR count). The zero-order chi connectivity index (χ0) is 61.9. The first-order valence-electron chi connectivity index (χ1n) is 26.6. The van der Waals surface area contributed by atoms with Crippen molar-refractivity contribution in [2.45, 2.75) is 229 Å². The normalized spacial score (nSPS) is 50.3. The first-order valence-corrected chi connectivity index (χ1v) is 26.6. The van der Waals surface area contributed by atoms with Crippen molar-refractivity contribution in [2.75, 3.05) is 46.2 Å². The summed E-state index contributed by atoms with van der Waals surface area (Å²) in [4.78, 5) is 24.4. The molecule has 23 N–H and O–H groups in total. The molecular weight excluding hydrogens is 1160 g/mol. The van der Waals surface area contributed by atoms with Crippen molar-refractivity contribution in [3.63, 3.8) is 0 Å².